The second-order valence-electron chi connectivity index (χ2n) is 12.5. The highest BCUT2D eigenvalue weighted by atomic mass is 16.5. The third-order valence-corrected chi connectivity index (χ3v) is 9.37. The predicted molar refractivity (Wildman–Crippen MR) is 187 cm³/mol. The molecular formula is C38H44N6O5. The highest BCUT2D eigenvalue weighted by molar-refractivity contribution is 5.83. The van der Waals surface area contributed by atoms with Gasteiger partial charge in [0, 0.05) is 38.3 Å². The van der Waals surface area contributed by atoms with E-state index in [1.807, 2.05) is 41.3 Å². The van der Waals surface area contributed by atoms with E-state index in [2.05, 4.69) is 70.7 Å². The number of hydrogen-bond donors (Lipinski definition) is 2. The van der Waals surface area contributed by atoms with Gasteiger partial charge in [0.1, 0.15) is 18.5 Å². The summed E-state index contributed by atoms with van der Waals surface area (Å²) in [7, 11) is 3.40. The van der Waals surface area contributed by atoms with Crippen molar-refractivity contribution in [3.8, 4) is 5.75 Å². The SMILES string of the molecule is C=CCOC(=O)NCCC[C@H]1C2=C3C=CC=CC(=C3)C(c3ccccc3)CN2C[C@H]2N1C(=O)CN(C)N2C(=O)NCc1ccc(OC)cc1. The second-order valence-corrected chi connectivity index (χ2v) is 12.5. The highest BCUT2D eigenvalue weighted by Crippen LogP contribution is 2.41. The number of nitrogens with one attached hydrogen (secondary N) is 2. The standard InChI is InChI=1S/C38H44N6O5/c1-4-21-49-38(47)39-20-10-15-33-36-30-14-9-8-13-29(22-30)32(28-11-6-5-7-12-28)24-42(36)25-34-43(33)35(45)26-41(2)44(34)37(46)40-23-27-16-18-31(48-3)19-17-27/h4-9,11-14,16-19,22,32-34H,1,10,15,20-21,23-26H2,2-3H3,(H,39,47)(H,40,46)/t32?,33-,34-/m0/s1. The quantitative estimate of drug-likeness (QED) is 0.280. The molecule has 0 saturated carbocycles. The molecule has 11 heteroatoms. The van der Waals surface area contributed by atoms with Crippen LogP contribution in [-0.4, -0.2) is 97.0 Å². The Morgan fingerprint density at radius 1 is 1.02 bits per heavy atom. The van der Waals surface area contributed by atoms with Gasteiger partial charge in [-0.3, -0.25) is 4.79 Å². The average Bonchev–Trinajstić information content (AvgIpc) is 3.45. The third-order valence-electron chi connectivity index (χ3n) is 9.37. The van der Waals surface area contributed by atoms with Gasteiger partial charge in [0.05, 0.1) is 26.2 Å². The molecule has 11 nitrogen and oxygen atoms in total. The summed E-state index contributed by atoms with van der Waals surface area (Å²) < 4.78 is 10.4. The van der Waals surface area contributed by atoms with Gasteiger partial charge in [0.15, 0.2) is 0 Å². The first kappa shape index (κ1) is 33.6. The van der Waals surface area contributed by atoms with Crippen LogP contribution in [0.5, 0.6) is 5.75 Å². The minimum Gasteiger partial charge on any atom is -0.497 e. The van der Waals surface area contributed by atoms with E-state index in [9.17, 15) is 14.4 Å². The van der Waals surface area contributed by atoms with Crippen molar-refractivity contribution in [2.24, 2.45) is 0 Å². The normalized spacial score (nSPS) is 21.6. The van der Waals surface area contributed by atoms with Gasteiger partial charge in [-0.2, -0.15) is 0 Å². The molecule has 2 aromatic rings. The number of alkyl carbamates (subject to hydrolysis) is 1. The van der Waals surface area contributed by atoms with Gasteiger partial charge in [-0.05, 0) is 53.3 Å². The zero-order valence-corrected chi connectivity index (χ0v) is 28.1. The zero-order valence-electron chi connectivity index (χ0n) is 28.1. The van der Waals surface area contributed by atoms with Crippen molar-refractivity contribution in [3.63, 3.8) is 0 Å². The van der Waals surface area contributed by atoms with Crippen molar-refractivity contribution in [2.45, 2.75) is 37.5 Å². The number of hydrazine groups is 1. The first-order valence-electron chi connectivity index (χ1n) is 16.7. The van der Waals surface area contributed by atoms with Gasteiger partial charge >= 0.3 is 12.1 Å². The van der Waals surface area contributed by atoms with Gasteiger partial charge < -0.3 is 29.9 Å². The lowest BCUT2D eigenvalue weighted by molar-refractivity contribution is -0.175. The summed E-state index contributed by atoms with van der Waals surface area (Å²) in [4.78, 5) is 44.5. The Labute approximate surface area is 287 Å². The van der Waals surface area contributed by atoms with Crippen LogP contribution in [0.25, 0.3) is 0 Å². The van der Waals surface area contributed by atoms with Gasteiger partial charge in [0.25, 0.3) is 0 Å². The van der Waals surface area contributed by atoms with Crippen molar-refractivity contribution in [1.29, 1.82) is 0 Å². The number of allylic oxidation sites excluding steroid dienone is 6. The number of likely N-dealkylation sites (N-methyl/N-ethyl adjacent to an activating group) is 1. The van der Waals surface area contributed by atoms with E-state index >= 15 is 0 Å². The Hall–Kier alpha value is -5.29. The fraction of sp³-hybridized carbons (Fsp3) is 0.342. The Balaban J connectivity index is 1.32. The van der Waals surface area contributed by atoms with Crippen molar-refractivity contribution in [1.82, 2.24) is 30.5 Å². The lowest BCUT2D eigenvalue weighted by atomic mass is 9.90. The summed E-state index contributed by atoms with van der Waals surface area (Å²) in [5.41, 5.74) is 5.42. The molecule has 3 atom stereocenters. The molecule has 3 aliphatic heterocycles. The monoisotopic (exact) mass is 664 g/mol. The van der Waals surface area contributed by atoms with Crippen LogP contribution in [0.3, 0.4) is 0 Å². The van der Waals surface area contributed by atoms with E-state index in [1.165, 1.54) is 17.2 Å². The second kappa shape index (κ2) is 15.3. The van der Waals surface area contributed by atoms with Crippen molar-refractivity contribution < 1.29 is 23.9 Å². The summed E-state index contributed by atoms with van der Waals surface area (Å²) in [6.45, 7) is 5.59. The minimum absolute atomic E-state index is 0.0495. The molecule has 2 aromatic carbocycles. The van der Waals surface area contributed by atoms with Gasteiger partial charge in [0.2, 0.25) is 5.91 Å². The maximum atomic E-state index is 14.0. The van der Waals surface area contributed by atoms with E-state index in [1.54, 1.807) is 24.2 Å². The fourth-order valence-electron chi connectivity index (χ4n) is 7.12. The van der Waals surface area contributed by atoms with E-state index in [0.29, 0.717) is 39.0 Å². The predicted octanol–water partition coefficient (Wildman–Crippen LogP) is 4.70. The molecule has 2 saturated heterocycles. The molecule has 0 aromatic heterocycles. The first-order valence-corrected chi connectivity index (χ1v) is 16.7. The number of urea groups is 1. The molecule has 0 spiro atoms. The van der Waals surface area contributed by atoms with Crippen LogP contribution < -0.4 is 15.4 Å². The molecule has 4 amide bonds. The Morgan fingerprint density at radius 3 is 2.55 bits per heavy atom. The van der Waals surface area contributed by atoms with Crippen LogP contribution in [0, 0.1) is 0 Å². The molecule has 2 fully saturated rings. The number of rotatable bonds is 10. The number of ether oxygens (including phenoxy) is 2. The number of hydrogen-bond acceptors (Lipinski definition) is 7. The maximum Gasteiger partial charge on any atom is 0.407 e. The number of methoxy groups -OCH3 is 1. The molecule has 3 heterocycles. The number of carbonyl (C=O) groups excluding carboxylic acids is 3. The summed E-state index contributed by atoms with van der Waals surface area (Å²) in [5.74, 6) is 0.772. The zero-order chi connectivity index (χ0) is 34.3. The van der Waals surface area contributed by atoms with Crippen LogP contribution in [0.15, 0.2) is 114 Å². The van der Waals surface area contributed by atoms with Crippen molar-refractivity contribution in [2.75, 3.05) is 46.9 Å². The molecule has 1 aliphatic carbocycles. The Bertz CT molecular complexity index is 1670. The molecule has 49 heavy (non-hydrogen) atoms. The van der Waals surface area contributed by atoms with E-state index < -0.39 is 12.3 Å². The summed E-state index contributed by atoms with van der Waals surface area (Å²) in [6, 6.07) is 17.4. The maximum absolute atomic E-state index is 14.0. The lowest BCUT2D eigenvalue weighted by Crippen LogP contribution is -2.74. The number of nitrogens with zero attached hydrogens (tertiary/aromatic N) is 4. The Kier molecular flexibility index (Phi) is 10.5. The number of carbonyl (C=O) groups is 3. The van der Waals surface area contributed by atoms with Crippen LogP contribution in [0.1, 0.15) is 29.9 Å². The molecule has 6 rings (SSSR count). The topological polar surface area (TPSA) is 107 Å². The minimum atomic E-state index is -0.553. The van der Waals surface area contributed by atoms with Gasteiger partial charge in [-0.1, -0.05) is 79.4 Å². The summed E-state index contributed by atoms with van der Waals surface area (Å²) >= 11 is 0. The first-order chi connectivity index (χ1) is 23.9. The molecule has 2 N–H and O–H groups in total. The smallest absolute Gasteiger partial charge is 0.407 e. The highest BCUT2D eigenvalue weighted by Gasteiger charge is 2.50. The molecule has 0 radical (unpaired) electrons. The lowest BCUT2D eigenvalue weighted by Gasteiger charge is -2.56. The van der Waals surface area contributed by atoms with E-state index in [0.717, 1.165) is 22.6 Å². The van der Waals surface area contributed by atoms with Crippen molar-refractivity contribution in [3.05, 3.63) is 126 Å². The van der Waals surface area contributed by atoms with E-state index in [4.69, 9.17) is 9.47 Å². The van der Waals surface area contributed by atoms with Crippen LogP contribution in [-0.2, 0) is 16.1 Å². The average molecular weight is 665 g/mol. The molecule has 4 aliphatic rings. The molecule has 2 bridgehead atoms. The summed E-state index contributed by atoms with van der Waals surface area (Å²) in [5, 5.41) is 9.31. The molecular weight excluding hydrogens is 620 g/mol. The number of fused-ring (bicyclic) bond motifs is 3. The van der Waals surface area contributed by atoms with Crippen LogP contribution in [0.4, 0.5) is 9.59 Å². The number of piperazine rings is 1. The summed E-state index contributed by atoms with van der Waals surface area (Å²) in [6.07, 6.45) is 12.3. The van der Waals surface area contributed by atoms with Crippen molar-refractivity contribution >= 4 is 18.0 Å². The fourth-order valence-corrected chi connectivity index (χ4v) is 7.12. The largest absolute Gasteiger partial charge is 0.497 e. The molecule has 1 unspecified atom stereocenters. The number of amides is 4. The van der Waals surface area contributed by atoms with Gasteiger partial charge in [-0.25, -0.2) is 19.6 Å². The van der Waals surface area contributed by atoms with E-state index in [-0.39, 0.29) is 37.0 Å². The third kappa shape index (κ3) is 7.41. The Morgan fingerprint density at radius 2 is 1.80 bits per heavy atom. The van der Waals surface area contributed by atoms with Gasteiger partial charge in [-0.15, -0.1) is 0 Å². The van der Waals surface area contributed by atoms with Crippen LogP contribution >= 0.6 is 0 Å². The number of benzene rings is 2. The molecule has 256 valence electrons. The van der Waals surface area contributed by atoms with Crippen LogP contribution in [0.2, 0.25) is 0 Å².